The Morgan fingerprint density at radius 2 is 1.85 bits per heavy atom. The zero-order valence-corrected chi connectivity index (χ0v) is 19.3. The first kappa shape index (κ1) is 24.9. The molecule has 0 N–H and O–H groups in total. The number of hydrogen-bond acceptors (Lipinski definition) is 2. The minimum Gasteiger partial charge on any atom is -0.345 e. The molecule has 1 aliphatic rings. The number of rotatable bonds is 11. The molecule has 180 valence electrons. The van der Waals surface area contributed by atoms with Crippen LogP contribution in [0.15, 0.2) is 42.6 Å². The summed E-state index contributed by atoms with van der Waals surface area (Å²) in [5.74, 6) is 0.00636. The van der Waals surface area contributed by atoms with E-state index in [-0.39, 0.29) is 30.8 Å². The zero-order chi connectivity index (χ0) is 24.0. The van der Waals surface area contributed by atoms with Crippen molar-refractivity contribution in [1.82, 2.24) is 14.4 Å². The van der Waals surface area contributed by atoms with E-state index in [1.54, 1.807) is 15.9 Å². The van der Waals surface area contributed by atoms with Crippen molar-refractivity contribution in [2.75, 3.05) is 19.6 Å². The number of benzene rings is 1. The zero-order valence-electron chi connectivity index (χ0n) is 19.3. The van der Waals surface area contributed by atoms with Crippen LogP contribution in [-0.2, 0) is 28.9 Å². The van der Waals surface area contributed by atoms with Crippen LogP contribution in [0.2, 0.25) is 0 Å². The number of carbonyl (C=O) groups excluding carboxylic acids is 2. The minimum atomic E-state index is -4.39. The van der Waals surface area contributed by atoms with Crippen molar-refractivity contribution >= 4 is 11.8 Å². The number of likely N-dealkylation sites (N-methyl/N-ethyl adjacent to an activating group) is 1. The third-order valence-corrected chi connectivity index (χ3v) is 5.96. The smallest absolute Gasteiger partial charge is 0.345 e. The molecule has 1 heterocycles. The summed E-state index contributed by atoms with van der Waals surface area (Å²) in [6.07, 6.45) is 0.976. The first-order valence-corrected chi connectivity index (χ1v) is 11.6. The number of aromatic nitrogens is 1. The number of hydrogen-bond donors (Lipinski definition) is 0. The molecule has 1 aromatic carbocycles. The number of nitrogens with zero attached hydrogens (tertiary/aromatic N) is 3. The third-order valence-electron chi connectivity index (χ3n) is 5.96. The summed E-state index contributed by atoms with van der Waals surface area (Å²) in [7, 11) is 0. The fraction of sp³-hybridized carbons (Fsp3) is 0.520. The maximum atomic E-state index is 13.1. The molecule has 2 amide bonds. The summed E-state index contributed by atoms with van der Waals surface area (Å²) >= 11 is 0. The van der Waals surface area contributed by atoms with Crippen molar-refractivity contribution < 1.29 is 22.8 Å². The highest BCUT2D eigenvalue weighted by molar-refractivity contribution is 5.87. The molecule has 1 saturated carbocycles. The van der Waals surface area contributed by atoms with E-state index in [0.29, 0.717) is 25.2 Å². The Kier molecular flexibility index (Phi) is 8.21. The number of carbonyl (C=O) groups is 2. The van der Waals surface area contributed by atoms with E-state index in [1.165, 1.54) is 6.07 Å². The minimum absolute atomic E-state index is 0.0502. The van der Waals surface area contributed by atoms with Crippen LogP contribution in [0.25, 0.3) is 0 Å². The van der Waals surface area contributed by atoms with Crippen molar-refractivity contribution in [2.24, 2.45) is 5.92 Å². The van der Waals surface area contributed by atoms with Crippen LogP contribution >= 0.6 is 0 Å². The van der Waals surface area contributed by atoms with E-state index in [0.717, 1.165) is 43.5 Å². The molecule has 1 aliphatic carbocycles. The van der Waals surface area contributed by atoms with Crippen molar-refractivity contribution in [1.29, 1.82) is 0 Å². The number of alkyl halides is 3. The Balaban J connectivity index is 1.72. The lowest BCUT2D eigenvalue weighted by molar-refractivity contribution is -0.141. The molecule has 2 aromatic rings. The Morgan fingerprint density at radius 1 is 1.09 bits per heavy atom. The number of amides is 2. The van der Waals surface area contributed by atoms with Crippen LogP contribution in [0.4, 0.5) is 13.2 Å². The topological polar surface area (TPSA) is 45.6 Å². The molecule has 0 unspecified atom stereocenters. The van der Waals surface area contributed by atoms with E-state index in [4.69, 9.17) is 0 Å². The fourth-order valence-corrected chi connectivity index (χ4v) is 3.82. The Morgan fingerprint density at radius 3 is 2.48 bits per heavy atom. The molecule has 1 fully saturated rings. The van der Waals surface area contributed by atoms with E-state index in [1.807, 2.05) is 36.7 Å². The fourth-order valence-electron chi connectivity index (χ4n) is 3.82. The number of unbranched alkanes of at least 4 members (excludes halogenated alkanes) is 1. The maximum absolute atomic E-state index is 13.1. The normalized spacial score (nSPS) is 13.7. The summed E-state index contributed by atoms with van der Waals surface area (Å²) in [5, 5.41) is 0. The largest absolute Gasteiger partial charge is 0.416 e. The van der Waals surface area contributed by atoms with Gasteiger partial charge in [0.05, 0.1) is 18.7 Å². The summed E-state index contributed by atoms with van der Waals surface area (Å²) < 4.78 is 41.1. The quantitative estimate of drug-likeness (QED) is 0.474. The summed E-state index contributed by atoms with van der Waals surface area (Å²) in [4.78, 5) is 28.9. The van der Waals surface area contributed by atoms with Crippen LogP contribution in [0, 0.1) is 5.92 Å². The van der Waals surface area contributed by atoms with Gasteiger partial charge in [0.15, 0.2) is 0 Å². The second-order valence-corrected chi connectivity index (χ2v) is 8.62. The van der Waals surface area contributed by atoms with Crippen LogP contribution < -0.4 is 0 Å². The SMILES string of the molecule is CCCCN(Cc1cccn1Cc1cccc(C(F)(F)F)c1)C(=O)CN(CC)C(=O)C1CC1. The Labute approximate surface area is 193 Å². The van der Waals surface area contributed by atoms with Gasteiger partial charge in [-0.2, -0.15) is 13.2 Å². The highest BCUT2D eigenvalue weighted by Gasteiger charge is 2.34. The first-order valence-electron chi connectivity index (χ1n) is 11.6. The van der Waals surface area contributed by atoms with E-state index < -0.39 is 11.7 Å². The standard InChI is InChI=1S/C25H32F3N3O2/c1-3-5-13-31(23(32)18-29(4-2)24(33)20-11-12-20)17-22-10-7-14-30(22)16-19-8-6-9-21(15-19)25(26,27)28/h6-10,14-15,20H,3-5,11-13,16-18H2,1-2H3. The molecule has 0 saturated heterocycles. The molecule has 1 aromatic heterocycles. The Bertz CT molecular complexity index is 950. The summed E-state index contributed by atoms with van der Waals surface area (Å²) in [6, 6.07) is 9.02. The maximum Gasteiger partial charge on any atom is 0.416 e. The van der Waals surface area contributed by atoms with Gasteiger partial charge in [-0.15, -0.1) is 0 Å². The highest BCUT2D eigenvalue weighted by atomic mass is 19.4. The predicted molar refractivity (Wildman–Crippen MR) is 120 cm³/mol. The predicted octanol–water partition coefficient (Wildman–Crippen LogP) is 4.94. The highest BCUT2D eigenvalue weighted by Crippen LogP contribution is 2.31. The third kappa shape index (κ3) is 6.85. The second-order valence-electron chi connectivity index (χ2n) is 8.62. The van der Waals surface area contributed by atoms with Gasteiger partial charge in [0.1, 0.15) is 0 Å². The molecule has 8 heteroatoms. The van der Waals surface area contributed by atoms with Gasteiger partial charge in [-0.05, 0) is 56.0 Å². The second kappa shape index (κ2) is 10.9. The summed E-state index contributed by atoms with van der Waals surface area (Å²) in [6.45, 7) is 5.68. The van der Waals surface area contributed by atoms with Crippen molar-refractivity contribution in [3.05, 3.63) is 59.4 Å². The molecule has 5 nitrogen and oxygen atoms in total. The van der Waals surface area contributed by atoms with Crippen LogP contribution in [0.3, 0.4) is 0 Å². The van der Waals surface area contributed by atoms with Crippen LogP contribution in [-0.4, -0.2) is 45.8 Å². The lowest BCUT2D eigenvalue weighted by Gasteiger charge is -2.27. The molecule has 0 spiro atoms. The van der Waals surface area contributed by atoms with Gasteiger partial charge in [0.25, 0.3) is 0 Å². The van der Waals surface area contributed by atoms with Gasteiger partial charge < -0.3 is 14.4 Å². The molecule has 3 rings (SSSR count). The molecular formula is C25H32F3N3O2. The van der Waals surface area contributed by atoms with Gasteiger partial charge in [-0.3, -0.25) is 9.59 Å². The van der Waals surface area contributed by atoms with E-state index >= 15 is 0 Å². The molecule has 0 aliphatic heterocycles. The average Bonchev–Trinajstić information content (AvgIpc) is 3.55. The van der Waals surface area contributed by atoms with Crippen LogP contribution in [0.5, 0.6) is 0 Å². The molecular weight excluding hydrogens is 431 g/mol. The summed E-state index contributed by atoms with van der Waals surface area (Å²) in [5.41, 5.74) is 0.711. The van der Waals surface area contributed by atoms with E-state index in [2.05, 4.69) is 0 Å². The van der Waals surface area contributed by atoms with Crippen LogP contribution in [0.1, 0.15) is 56.4 Å². The van der Waals surface area contributed by atoms with Crippen molar-refractivity contribution in [2.45, 2.75) is 58.8 Å². The lowest BCUT2D eigenvalue weighted by Crippen LogP contribution is -2.43. The van der Waals surface area contributed by atoms with Crippen molar-refractivity contribution in [3.8, 4) is 0 Å². The molecule has 0 bridgehead atoms. The van der Waals surface area contributed by atoms with Gasteiger partial charge in [-0.25, -0.2) is 0 Å². The number of halogens is 3. The molecule has 0 radical (unpaired) electrons. The van der Waals surface area contributed by atoms with Crippen molar-refractivity contribution in [3.63, 3.8) is 0 Å². The van der Waals surface area contributed by atoms with Gasteiger partial charge >= 0.3 is 6.18 Å². The average molecular weight is 464 g/mol. The van der Waals surface area contributed by atoms with Gasteiger partial charge in [-0.1, -0.05) is 25.5 Å². The lowest BCUT2D eigenvalue weighted by atomic mass is 10.1. The molecule has 0 atom stereocenters. The van der Waals surface area contributed by atoms with Gasteiger partial charge in [0, 0.05) is 37.4 Å². The monoisotopic (exact) mass is 463 g/mol. The Hall–Kier alpha value is -2.77. The first-order chi connectivity index (χ1) is 15.7. The molecule has 33 heavy (non-hydrogen) atoms. The van der Waals surface area contributed by atoms with E-state index in [9.17, 15) is 22.8 Å². The van der Waals surface area contributed by atoms with Gasteiger partial charge in [0.2, 0.25) is 11.8 Å².